The first-order valence-electron chi connectivity index (χ1n) is 4.23. The fourth-order valence-electron chi connectivity index (χ4n) is 0.924. The maximum Gasteiger partial charge on any atom is 0.151 e. The molecule has 0 aromatic heterocycles. The molecule has 0 spiro atoms. The largest absolute Gasteiger partial charge is 0.378 e. The molecule has 0 saturated heterocycles. The van der Waals surface area contributed by atoms with Gasteiger partial charge in [-0.05, 0) is 18.2 Å². The highest BCUT2D eigenvalue weighted by Crippen LogP contribution is 2.08. The summed E-state index contributed by atoms with van der Waals surface area (Å²) in [7, 11) is 0. The van der Waals surface area contributed by atoms with E-state index in [9.17, 15) is 9.18 Å². The second-order valence-electron chi connectivity index (χ2n) is 2.76. The molecule has 0 aliphatic rings. The molecule has 0 bridgehead atoms. The second-order valence-corrected chi connectivity index (χ2v) is 2.76. The summed E-state index contributed by atoms with van der Waals surface area (Å²) >= 11 is 0. The molecule has 0 saturated carbocycles. The lowest BCUT2D eigenvalue weighted by Crippen LogP contribution is -2.12. The first-order chi connectivity index (χ1) is 6.22. The van der Waals surface area contributed by atoms with Crippen molar-refractivity contribution in [2.45, 2.75) is 13.3 Å². The second kappa shape index (κ2) is 4.60. The molecule has 1 aromatic carbocycles. The van der Waals surface area contributed by atoms with E-state index in [2.05, 4.69) is 5.32 Å². The van der Waals surface area contributed by atoms with Crippen LogP contribution in [0.1, 0.15) is 13.3 Å². The van der Waals surface area contributed by atoms with Crippen molar-refractivity contribution in [1.82, 2.24) is 0 Å². The molecule has 0 atom stereocenters. The molecule has 0 aliphatic heterocycles. The van der Waals surface area contributed by atoms with Crippen LogP contribution in [0.25, 0.3) is 0 Å². The zero-order chi connectivity index (χ0) is 9.68. The molecule has 1 N–H and O–H groups in total. The molecule has 3 heteroatoms. The standard InChI is InChI=1S/C10H12FNO/c1-2-10(13)7-12-9-5-3-4-8(11)6-9/h3-6,12H,2,7H2,1H3. The van der Waals surface area contributed by atoms with Gasteiger partial charge in [0.15, 0.2) is 5.78 Å². The van der Waals surface area contributed by atoms with E-state index in [0.29, 0.717) is 12.1 Å². The Bertz CT molecular complexity index is 299. The molecule has 0 aliphatic carbocycles. The molecule has 0 amide bonds. The molecule has 2 nitrogen and oxygen atoms in total. The van der Waals surface area contributed by atoms with Crippen molar-refractivity contribution in [1.29, 1.82) is 0 Å². The minimum absolute atomic E-state index is 0.115. The Morgan fingerprint density at radius 3 is 2.92 bits per heavy atom. The number of benzene rings is 1. The van der Waals surface area contributed by atoms with Crippen molar-refractivity contribution in [2.24, 2.45) is 0 Å². The van der Waals surface area contributed by atoms with Crippen LogP contribution < -0.4 is 5.32 Å². The number of hydrogen-bond donors (Lipinski definition) is 1. The van der Waals surface area contributed by atoms with Crippen molar-refractivity contribution in [3.05, 3.63) is 30.1 Å². The number of rotatable bonds is 4. The first-order valence-corrected chi connectivity index (χ1v) is 4.23. The van der Waals surface area contributed by atoms with Gasteiger partial charge in [0.25, 0.3) is 0 Å². The highest BCUT2D eigenvalue weighted by molar-refractivity contribution is 5.82. The van der Waals surface area contributed by atoms with Gasteiger partial charge in [0.05, 0.1) is 6.54 Å². The minimum atomic E-state index is -0.297. The molecule has 0 unspecified atom stereocenters. The van der Waals surface area contributed by atoms with Crippen LogP contribution in [0.4, 0.5) is 10.1 Å². The van der Waals surface area contributed by atoms with Gasteiger partial charge < -0.3 is 5.32 Å². The van der Waals surface area contributed by atoms with E-state index < -0.39 is 0 Å². The molecule has 1 aromatic rings. The number of anilines is 1. The van der Waals surface area contributed by atoms with Crippen LogP contribution in [0.5, 0.6) is 0 Å². The summed E-state index contributed by atoms with van der Waals surface area (Å²) in [4.78, 5) is 10.9. The summed E-state index contributed by atoms with van der Waals surface area (Å²) in [6, 6.07) is 6.07. The highest BCUT2D eigenvalue weighted by Gasteiger charge is 1.98. The Balaban J connectivity index is 2.50. The smallest absolute Gasteiger partial charge is 0.151 e. The van der Waals surface area contributed by atoms with Gasteiger partial charge >= 0.3 is 0 Å². The van der Waals surface area contributed by atoms with E-state index in [0.717, 1.165) is 0 Å². The normalized spacial score (nSPS) is 9.69. The van der Waals surface area contributed by atoms with Crippen LogP contribution in [0.3, 0.4) is 0 Å². The monoisotopic (exact) mass is 181 g/mol. The van der Waals surface area contributed by atoms with E-state index in [1.54, 1.807) is 19.1 Å². The Kier molecular flexibility index (Phi) is 3.43. The van der Waals surface area contributed by atoms with Crippen molar-refractivity contribution in [3.8, 4) is 0 Å². The molecule has 0 heterocycles. The zero-order valence-electron chi connectivity index (χ0n) is 7.51. The number of hydrogen-bond acceptors (Lipinski definition) is 2. The Morgan fingerprint density at radius 1 is 1.54 bits per heavy atom. The molecular weight excluding hydrogens is 169 g/mol. The number of halogens is 1. The van der Waals surface area contributed by atoms with Crippen LogP contribution in [-0.2, 0) is 4.79 Å². The fourth-order valence-corrected chi connectivity index (χ4v) is 0.924. The third-order valence-electron chi connectivity index (χ3n) is 1.71. The quantitative estimate of drug-likeness (QED) is 0.771. The van der Waals surface area contributed by atoms with E-state index in [1.807, 2.05) is 0 Å². The van der Waals surface area contributed by atoms with Crippen LogP contribution in [-0.4, -0.2) is 12.3 Å². The highest BCUT2D eigenvalue weighted by atomic mass is 19.1. The third kappa shape index (κ3) is 3.23. The summed E-state index contributed by atoms with van der Waals surface area (Å²) in [5, 5.41) is 2.85. The predicted molar refractivity (Wildman–Crippen MR) is 50.2 cm³/mol. The topological polar surface area (TPSA) is 29.1 Å². The van der Waals surface area contributed by atoms with Crippen LogP contribution in [0.2, 0.25) is 0 Å². The van der Waals surface area contributed by atoms with Gasteiger partial charge in [-0.15, -0.1) is 0 Å². The van der Waals surface area contributed by atoms with Crippen LogP contribution >= 0.6 is 0 Å². The Hall–Kier alpha value is -1.38. The average molecular weight is 181 g/mol. The van der Waals surface area contributed by atoms with Gasteiger partial charge in [0.2, 0.25) is 0 Å². The molecule has 70 valence electrons. The number of Topliss-reactive ketones (excluding diaryl/α,β-unsaturated/α-hetero) is 1. The van der Waals surface area contributed by atoms with Gasteiger partial charge in [-0.25, -0.2) is 4.39 Å². The summed E-state index contributed by atoms with van der Waals surface area (Å²) in [6.07, 6.45) is 0.502. The number of carbonyl (C=O) groups excluding carboxylic acids is 1. The van der Waals surface area contributed by atoms with Crippen molar-refractivity contribution in [2.75, 3.05) is 11.9 Å². The first kappa shape index (κ1) is 9.71. The molecule has 13 heavy (non-hydrogen) atoms. The number of nitrogens with one attached hydrogen (secondary N) is 1. The molecular formula is C10H12FNO. The van der Waals surface area contributed by atoms with Crippen molar-refractivity contribution < 1.29 is 9.18 Å². The molecule has 0 fully saturated rings. The Labute approximate surface area is 76.8 Å². The SMILES string of the molecule is CCC(=O)CNc1cccc(F)c1. The summed E-state index contributed by atoms with van der Waals surface area (Å²) in [5.41, 5.74) is 0.641. The predicted octanol–water partition coefficient (Wildman–Crippen LogP) is 2.22. The maximum absolute atomic E-state index is 12.6. The molecule has 0 radical (unpaired) electrons. The average Bonchev–Trinajstić information content (AvgIpc) is 2.14. The Morgan fingerprint density at radius 2 is 2.31 bits per heavy atom. The van der Waals surface area contributed by atoms with Gasteiger partial charge in [0, 0.05) is 12.1 Å². The lowest BCUT2D eigenvalue weighted by Gasteiger charge is -2.03. The van der Waals surface area contributed by atoms with E-state index in [-0.39, 0.29) is 18.1 Å². The molecule has 1 rings (SSSR count). The number of ketones is 1. The van der Waals surface area contributed by atoms with Crippen molar-refractivity contribution >= 4 is 11.5 Å². The van der Waals surface area contributed by atoms with E-state index in [1.165, 1.54) is 12.1 Å². The third-order valence-corrected chi connectivity index (χ3v) is 1.71. The lowest BCUT2D eigenvalue weighted by atomic mass is 10.3. The summed E-state index contributed by atoms with van der Waals surface area (Å²) in [5.74, 6) is -0.182. The summed E-state index contributed by atoms with van der Waals surface area (Å²) < 4.78 is 12.6. The van der Waals surface area contributed by atoms with E-state index >= 15 is 0 Å². The van der Waals surface area contributed by atoms with Crippen LogP contribution in [0.15, 0.2) is 24.3 Å². The summed E-state index contributed by atoms with van der Waals surface area (Å²) in [6.45, 7) is 2.07. The van der Waals surface area contributed by atoms with Crippen molar-refractivity contribution in [3.63, 3.8) is 0 Å². The number of carbonyl (C=O) groups is 1. The van der Waals surface area contributed by atoms with E-state index in [4.69, 9.17) is 0 Å². The van der Waals surface area contributed by atoms with Gasteiger partial charge in [-0.2, -0.15) is 0 Å². The van der Waals surface area contributed by atoms with Gasteiger partial charge in [0.1, 0.15) is 5.82 Å². The van der Waals surface area contributed by atoms with Crippen LogP contribution in [0, 0.1) is 5.82 Å². The maximum atomic E-state index is 12.6. The fraction of sp³-hybridized carbons (Fsp3) is 0.300. The van der Waals surface area contributed by atoms with Gasteiger partial charge in [-0.1, -0.05) is 13.0 Å². The zero-order valence-corrected chi connectivity index (χ0v) is 7.51. The van der Waals surface area contributed by atoms with Gasteiger partial charge in [-0.3, -0.25) is 4.79 Å². The lowest BCUT2D eigenvalue weighted by molar-refractivity contribution is -0.117. The minimum Gasteiger partial charge on any atom is -0.378 e.